The summed E-state index contributed by atoms with van der Waals surface area (Å²) in [6.45, 7) is 3.23. The molecule has 0 amide bonds. The molecule has 0 radical (unpaired) electrons. The Morgan fingerprint density at radius 3 is 2.31 bits per heavy atom. The van der Waals surface area contributed by atoms with E-state index in [0.29, 0.717) is 5.56 Å². The molecule has 0 bridgehead atoms. The molecule has 0 unspecified atom stereocenters. The summed E-state index contributed by atoms with van der Waals surface area (Å²) in [5.74, 6) is 0.0591. The number of carbonyl (C=O) groups excluding carboxylic acids is 1. The molecule has 0 atom stereocenters. The van der Waals surface area contributed by atoms with Crippen molar-refractivity contribution in [2.24, 2.45) is 0 Å². The van der Waals surface area contributed by atoms with Crippen LogP contribution in [0.25, 0.3) is 0 Å². The molecule has 2 N–H and O–H groups in total. The molecule has 3 heteroatoms. The Kier molecular flexibility index (Phi) is 3.08. The minimum Gasteiger partial charge on any atom is -0.385 e. The predicted molar refractivity (Wildman–Crippen MR) is 62.4 cm³/mol. The van der Waals surface area contributed by atoms with Gasteiger partial charge in [0.1, 0.15) is 0 Å². The third-order valence-electron chi connectivity index (χ3n) is 3.26. The third-order valence-corrected chi connectivity index (χ3v) is 3.26. The van der Waals surface area contributed by atoms with E-state index in [-0.39, 0.29) is 5.78 Å². The second-order valence-electron chi connectivity index (χ2n) is 4.42. The van der Waals surface area contributed by atoms with Gasteiger partial charge in [-0.25, -0.2) is 0 Å². The van der Waals surface area contributed by atoms with Crippen LogP contribution in [0.1, 0.15) is 35.7 Å². The Morgan fingerprint density at radius 1 is 1.25 bits per heavy atom. The van der Waals surface area contributed by atoms with Gasteiger partial charge in [-0.05, 0) is 38.4 Å². The highest BCUT2D eigenvalue weighted by Crippen LogP contribution is 2.30. The maximum Gasteiger partial charge on any atom is 0.159 e. The van der Waals surface area contributed by atoms with Crippen molar-refractivity contribution < 1.29 is 9.90 Å². The lowest BCUT2D eigenvalue weighted by Crippen LogP contribution is -2.39. The van der Waals surface area contributed by atoms with E-state index in [4.69, 9.17) is 0 Å². The predicted octanol–water partition coefficient (Wildman–Crippen LogP) is 1.46. The number of carbonyl (C=O) groups is 1. The van der Waals surface area contributed by atoms with Crippen molar-refractivity contribution in [3.63, 3.8) is 0 Å². The van der Waals surface area contributed by atoms with Crippen LogP contribution >= 0.6 is 0 Å². The van der Waals surface area contributed by atoms with Gasteiger partial charge in [0.05, 0.1) is 5.60 Å². The first-order valence-corrected chi connectivity index (χ1v) is 5.66. The molecule has 0 aromatic heterocycles. The second kappa shape index (κ2) is 4.36. The quantitative estimate of drug-likeness (QED) is 0.740. The van der Waals surface area contributed by atoms with E-state index < -0.39 is 5.60 Å². The van der Waals surface area contributed by atoms with Gasteiger partial charge in [-0.15, -0.1) is 0 Å². The van der Waals surface area contributed by atoms with Crippen molar-refractivity contribution in [3.8, 4) is 0 Å². The summed E-state index contributed by atoms with van der Waals surface area (Å²) in [6.07, 6.45) is 1.46. The van der Waals surface area contributed by atoms with Gasteiger partial charge in [0.25, 0.3) is 0 Å². The molecular formula is C13H17NO2. The lowest BCUT2D eigenvalue weighted by molar-refractivity contribution is 0.00592. The molecule has 1 saturated heterocycles. The van der Waals surface area contributed by atoms with Gasteiger partial charge in [-0.1, -0.05) is 24.3 Å². The first-order valence-electron chi connectivity index (χ1n) is 5.66. The van der Waals surface area contributed by atoms with Gasteiger partial charge in [0.15, 0.2) is 5.78 Å². The first kappa shape index (κ1) is 11.3. The van der Waals surface area contributed by atoms with Crippen molar-refractivity contribution >= 4 is 5.78 Å². The summed E-state index contributed by atoms with van der Waals surface area (Å²) in [5, 5.41) is 13.7. The molecule has 1 aliphatic rings. The number of hydrogen-bond donors (Lipinski definition) is 2. The highest BCUT2D eigenvalue weighted by atomic mass is 16.3. The fourth-order valence-electron chi connectivity index (χ4n) is 2.14. The maximum atomic E-state index is 11.1. The van der Waals surface area contributed by atoms with Gasteiger partial charge in [-0.3, -0.25) is 4.79 Å². The Hall–Kier alpha value is -1.19. The fraction of sp³-hybridized carbons (Fsp3) is 0.462. The summed E-state index contributed by atoms with van der Waals surface area (Å²) >= 11 is 0. The van der Waals surface area contributed by atoms with Crippen molar-refractivity contribution in [1.29, 1.82) is 0 Å². The Bertz CT molecular complexity index is 377. The molecule has 2 rings (SSSR count). The van der Waals surface area contributed by atoms with Gasteiger partial charge >= 0.3 is 0 Å². The lowest BCUT2D eigenvalue weighted by atomic mass is 9.85. The first-order chi connectivity index (χ1) is 7.62. The van der Waals surface area contributed by atoms with Crippen LogP contribution in [0.4, 0.5) is 0 Å². The minimum atomic E-state index is -0.722. The zero-order chi connectivity index (χ0) is 11.6. The van der Waals surface area contributed by atoms with Crippen molar-refractivity contribution in [2.45, 2.75) is 25.4 Å². The third kappa shape index (κ3) is 2.15. The summed E-state index contributed by atoms with van der Waals surface area (Å²) < 4.78 is 0. The van der Waals surface area contributed by atoms with Crippen molar-refractivity contribution in [1.82, 2.24) is 5.32 Å². The summed E-state index contributed by atoms with van der Waals surface area (Å²) in [4.78, 5) is 11.1. The van der Waals surface area contributed by atoms with Gasteiger partial charge in [0.2, 0.25) is 0 Å². The van der Waals surface area contributed by atoms with Gasteiger partial charge in [-0.2, -0.15) is 0 Å². The number of benzene rings is 1. The van der Waals surface area contributed by atoms with E-state index in [9.17, 15) is 9.90 Å². The van der Waals surface area contributed by atoms with Crippen LogP contribution in [0.3, 0.4) is 0 Å². The number of hydrogen-bond acceptors (Lipinski definition) is 3. The van der Waals surface area contributed by atoms with Crippen LogP contribution in [0, 0.1) is 0 Å². The molecule has 1 aliphatic heterocycles. The summed E-state index contributed by atoms with van der Waals surface area (Å²) in [5.41, 5.74) is 0.890. The summed E-state index contributed by atoms with van der Waals surface area (Å²) in [6, 6.07) is 7.31. The standard InChI is InChI=1S/C13H17NO2/c1-10(15)11-2-4-12(5-3-11)13(16)6-8-14-9-7-13/h2-5,14,16H,6-9H2,1H3. The molecule has 0 aliphatic carbocycles. The van der Waals surface area contributed by atoms with Crippen molar-refractivity contribution in [2.75, 3.05) is 13.1 Å². The number of aliphatic hydroxyl groups is 1. The molecule has 1 fully saturated rings. The van der Waals surface area contributed by atoms with Crippen LogP contribution in [0.5, 0.6) is 0 Å². The highest BCUT2D eigenvalue weighted by molar-refractivity contribution is 5.94. The zero-order valence-electron chi connectivity index (χ0n) is 9.49. The van der Waals surface area contributed by atoms with E-state index in [2.05, 4.69) is 5.32 Å². The largest absolute Gasteiger partial charge is 0.385 e. The van der Waals surface area contributed by atoms with E-state index in [1.54, 1.807) is 19.1 Å². The van der Waals surface area contributed by atoms with Crippen molar-refractivity contribution in [3.05, 3.63) is 35.4 Å². The topological polar surface area (TPSA) is 49.3 Å². The van der Waals surface area contributed by atoms with Crippen LogP contribution in [0.15, 0.2) is 24.3 Å². The molecule has 1 aromatic rings. The SMILES string of the molecule is CC(=O)c1ccc(C2(O)CCNCC2)cc1. The molecule has 1 heterocycles. The molecule has 0 spiro atoms. The van der Waals surface area contributed by atoms with Gasteiger partial charge in [0, 0.05) is 5.56 Å². The minimum absolute atomic E-state index is 0.0591. The smallest absolute Gasteiger partial charge is 0.159 e. The molecule has 3 nitrogen and oxygen atoms in total. The Balaban J connectivity index is 2.23. The molecular weight excluding hydrogens is 202 g/mol. The van der Waals surface area contributed by atoms with E-state index in [1.165, 1.54) is 0 Å². The number of ketones is 1. The van der Waals surface area contributed by atoms with Crippen LogP contribution < -0.4 is 5.32 Å². The monoisotopic (exact) mass is 219 g/mol. The number of nitrogens with one attached hydrogen (secondary N) is 1. The molecule has 0 saturated carbocycles. The molecule has 86 valence electrons. The van der Waals surface area contributed by atoms with E-state index >= 15 is 0 Å². The Labute approximate surface area is 95.5 Å². The van der Waals surface area contributed by atoms with E-state index in [0.717, 1.165) is 31.5 Å². The molecule has 16 heavy (non-hydrogen) atoms. The average Bonchev–Trinajstić information content (AvgIpc) is 2.30. The number of rotatable bonds is 2. The maximum absolute atomic E-state index is 11.1. The number of Topliss-reactive ketones (excluding diaryl/α,β-unsaturated/α-hetero) is 1. The van der Waals surface area contributed by atoms with Crippen LogP contribution in [-0.4, -0.2) is 24.0 Å². The average molecular weight is 219 g/mol. The highest BCUT2D eigenvalue weighted by Gasteiger charge is 2.30. The molecule has 1 aromatic carbocycles. The lowest BCUT2D eigenvalue weighted by Gasteiger charge is -2.33. The zero-order valence-corrected chi connectivity index (χ0v) is 9.49. The van der Waals surface area contributed by atoms with Crippen LogP contribution in [0.2, 0.25) is 0 Å². The van der Waals surface area contributed by atoms with Crippen LogP contribution in [-0.2, 0) is 5.60 Å². The fourth-order valence-corrected chi connectivity index (χ4v) is 2.14. The van der Waals surface area contributed by atoms with E-state index in [1.807, 2.05) is 12.1 Å². The Morgan fingerprint density at radius 2 is 1.81 bits per heavy atom. The number of piperidine rings is 1. The van der Waals surface area contributed by atoms with Gasteiger partial charge < -0.3 is 10.4 Å². The summed E-state index contributed by atoms with van der Waals surface area (Å²) in [7, 11) is 0. The second-order valence-corrected chi connectivity index (χ2v) is 4.42. The normalized spacial score (nSPS) is 19.4.